The number of pyridine rings is 1. The lowest BCUT2D eigenvalue weighted by Gasteiger charge is -2.30. The van der Waals surface area contributed by atoms with Gasteiger partial charge in [-0.2, -0.15) is 0 Å². The lowest BCUT2D eigenvalue weighted by Crippen LogP contribution is -3.13. The van der Waals surface area contributed by atoms with Crippen LogP contribution < -0.4 is 15.2 Å². The van der Waals surface area contributed by atoms with Gasteiger partial charge in [0.25, 0.3) is 5.56 Å². The van der Waals surface area contributed by atoms with Crippen LogP contribution in [-0.2, 0) is 11.3 Å². The smallest absolute Gasteiger partial charge is 0.258 e. The Bertz CT molecular complexity index is 1100. The molecule has 0 aliphatic carbocycles. The maximum atomic E-state index is 13.2. The van der Waals surface area contributed by atoms with Crippen LogP contribution in [0.4, 0.5) is 0 Å². The van der Waals surface area contributed by atoms with E-state index in [9.17, 15) is 4.79 Å². The van der Waals surface area contributed by atoms with Gasteiger partial charge in [0, 0.05) is 17.5 Å². The van der Waals surface area contributed by atoms with Crippen LogP contribution in [0.3, 0.4) is 0 Å². The van der Waals surface area contributed by atoms with Crippen LogP contribution in [0, 0.1) is 0 Å². The minimum absolute atomic E-state index is 0.0904. The predicted molar refractivity (Wildman–Crippen MR) is 114 cm³/mol. The summed E-state index contributed by atoms with van der Waals surface area (Å²) < 4.78 is 13.0. The van der Waals surface area contributed by atoms with E-state index in [1.807, 2.05) is 28.9 Å². The summed E-state index contributed by atoms with van der Waals surface area (Å²) in [6.45, 7) is 3.39. The number of likely N-dealkylation sites (tertiary alicyclic amines) is 1. The first kappa shape index (κ1) is 20.1. The number of piperidine rings is 1. The first-order valence-corrected chi connectivity index (χ1v) is 11.2. The quantitative estimate of drug-likeness (QED) is 0.608. The Morgan fingerprint density at radius 1 is 1.26 bits per heavy atom. The van der Waals surface area contributed by atoms with Crippen LogP contribution in [0.5, 0.6) is 5.75 Å². The highest BCUT2D eigenvalue weighted by Gasteiger charge is 2.35. The molecular weight excluding hydrogens is 396 g/mol. The molecule has 2 N–H and O–H groups in total. The zero-order valence-electron chi connectivity index (χ0n) is 17.8. The number of H-pyrrole nitrogens is 1. The lowest BCUT2D eigenvalue weighted by molar-refractivity contribution is -0.931. The molecule has 2 fully saturated rings. The molecule has 4 heterocycles. The van der Waals surface area contributed by atoms with Crippen LogP contribution in [-0.4, -0.2) is 58.1 Å². The summed E-state index contributed by atoms with van der Waals surface area (Å²) in [5.74, 6) is 1.50. The molecule has 9 heteroatoms. The molecule has 5 rings (SSSR count). The second-order valence-electron chi connectivity index (χ2n) is 8.51. The predicted octanol–water partition coefficient (Wildman–Crippen LogP) is 0.860. The van der Waals surface area contributed by atoms with E-state index in [0.717, 1.165) is 67.9 Å². The molecule has 0 unspecified atom stereocenters. The molecule has 1 aromatic carbocycles. The number of nitrogens with one attached hydrogen (secondary N) is 2. The Labute approximate surface area is 180 Å². The number of nitrogens with zero attached hydrogens (tertiary/aromatic N) is 4. The van der Waals surface area contributed by atoms with Crippen molar-refractivity contribution in [2.75, 3.05) is 26.8 Å². The highest BCUT2D eigenvalue weighted by Crippen LogP contribution is 2.23. The van der Waals surface area contributed by atoms with E-state index >= 15 is 0 Å². The molecule has 3 aromatic rings. The lowest BCUT2D eigenvalue weighted by atomic mass is 10.0. The third-order valence-electron chi connectivity index (χ3n) is 6.51. The van der Waals surface area contributed by atoms with Crippen LogP contribution in [0.2, 0.25) is 0 Å². The van der Waals surface area contributed by atoms with Crippen molar-refractivity contribution in [1.82, 2.24) is 25.2 Å². The van der Waals surface area contributed by atoms with Crippen LogP contribution in [0.1, 0.15) is 49.5 Å². The molecule has 164 valence electrons. The zero-order chi connectivity index (χ0) is 21.2. The van der Waals surface area contributed by atoms with E-state index < -0.39 is 0 Å². The average molecular weight is 426 g/mol. The Morgan fingerprint density at radius 3 is 2.90 bits per heavy atom. The second-order valence-corrected chi connectivity index (χ2v) is 8.51. The van der Waals surface area contributed by atoms with Gasteiger partial charge in [-0.05, 0) is 66.8 Å². The first-order chi connectivity index (χ1) is 15.2. The Balaban J connectivity index is 1.59. The van der Waals surface area contributed by atoms with Gasteiger partial charge in [-0.15, -0.1) is 5.10 Å². The van der Waals surface area contributed by atoms with Gasteiger partial charge in [0.2, 0.25) is 5.82 Å². The molecule has 0 radical (unpaired) electrons. The number of aromatic amines is 1. The molecular formula is C22H29N6O3+. The van der Waals surface area contributed by atoms with Gasteiger partial charge in [0.1, 0.15) is 5.75 Å². The van der Waals surface area contributed by atoms with Gasteiger partial charge in [0.15, 0.2) is 6.04 Å². The SMILES string of the molecule is COc1ccc2[nH]c(=O)c([C@@H](c3nnnn3C[C@H]3CCCO3)[NH+]3CCCCC3)cc2c1. The van der Waals surface area contributed by atoms with Crippen molar-refractivity contribution in [3.05, 3.63) is 46.0 Å². The Hall–Kier alpha value is -2.78. The number of fused-ring (bicyclic) bond motifs is 1. The molecule has 0 bridgehead atoms. The van der Waals surface area contributed by atoms with Gasteiger partial charge < -0.3 is 19.4 Å². The normalized spacial score (nSPS) is 20.9. The third kappa shape index (κ3) is 4.07. The number of rotatable bonds is 6. The van der Waals surface area contributed by atoms with Crippen molar-refractivity contribution < 1.29 is 14.4 Å². The van der Waals surface area contributed by atoms with Crippen molar-refractivity contribution >= 4 is 10.9 Å². The number of hydrogen-bond donors (Lipinski definition) is 2. The second kappa shape index (κ2) is 8.76. The standard InChI is InChI=1S/C22H28N6O3/c1-30-16-7-8-19-15(12-16)13-18(22(29)23-19)20(27-9-3-2-4-10-27)21-24-25-26-28(21)14-17-6-5-11-31-17/h7-8,12-13,17,20H,2-6,9-11,14H2,1H3,(H,23,29)/p+1/t17-,20+/m1/s1. The van der Waals surface area contributed by atoms with Gasteiger partial charge in [-0.25, -0.2) is 4.68 Å². The molecule has 2 aliphatic heterocycles. The fourth-order valence-electron chi connectivity index (χ4n) is 4.91. The molecule has 31 heavy (non-hydrogen) atoms. The summed E-state index contributed by atoms with van der Waals surface area (Å²) in [6, 6.07) is 7.44. The van der Waals surface area contributed by atoms with E-state index in [2.05, 4.69) is 20.5 Å². The molecule has 2 atom stereocenters. The third-order valence-corrected chi connectivity index (χ3v) is 6.51. The molecule has 0 saturated carbocycles. The van der Waals surface area contributed by atoms with Gasteiger partial charge in [-0.3, -0.25) is 4.79 Å². The maximum absolute atomic E-state index is 13.2. The van der Waals surface area contributed by atoms with E-state index in [1.165, 1.54) is 11.3 Å². The first-order valence-electron chi connectivity index (χ1n) is 11.2. The van der Waals surface area contributed by atoms with Gasteiger partial charge >= 0.3 is 0 Å². The largest absolute Gasteiger partial charge is 0.497 e. The highest BCUT2D eigenvalue weighted by molar-refractivity contribution is 5.80. The van der Waals surface area contributed by atoms with Crippen molar-refractivity contribution in [1.29, 1.82) is 0 Å². The van der Waals surface area contributed by atoms with Crippen molar-refractivity contribution in [2.24, 2.45) is 0 Å². The maximum Gasteiger partial charge on any atom is 0.258 e. The number of benzene rings is 1. The highest BCUT2D eigenvalue weighted by atomic mass is 16.5. The van der Waals surface area contributed by atoms with E-state index in [4.69, 9.17) is 9.47 Å². The van der Waals surface area contributed by atoms with Gasteiger partial charge in [0.05, 0.1) is 38.4 Å². The van der Waals surface area contributed by atoms with Crippen LogP contribution in [0.15, 0.2) is 29.1 Å². The average Bonchev–Trinajstić information content (AvgIpc) is 3.48. The molecule has 0 spiro atoms. The van der Waals surface area contributed by atoms with Crippen LogP contribution >= 0.6 is 0 Å². The number of aromatic nitrogens is 5. The fraction of sp³-hybridized carbons (Fsp3) is 0.545. The minimum atomic E-state index is -0.226. The summed E-state index contributed by atoms with van der Waals surface area (Å²) in [6.07, 6.45) is 5.70. The van der Waals surface area contributed by atoms with Crippen LogP contribution in [0.25, 0.3) is 10.9 Å². The summed E-state index contributed by atoms with van der Waals surface area (Å²) in [7, 11) is 1.65. The monoisotopic (exact) mass is 425 g/mol. The van der Waals surface area contributed by atoms with Crippen molar-refractivity contribution in [3.63, 3.8) is 0 Å². The Morgan fingerprint density at radius 2 is 2.13 bits per heavy atom. The number of ether oxygens (including phenoxy) is 2. The summed E-state index contributed by atoms with van der Waals surface area (Å²) in [4.78, 5) is 17.6. The van der Waals surface area contributed by atoms with Crippen molar-refractivity contribution in [3.8, 4) is 5.75 Å². The van der Waals surface area contributed by atoms with Crippen molar-refractivity contribution in [2.45, 2.75) is 50.8 Å². The fourth-order valence-corrected chi connectivity index (χ4v) is 4.91. The van der Waals surface area contributed by atoms with Gasteiger partial charge in [-0.1, -0.05) is 0 Å². The summed E-state index contributed by atoms with van der Waals surface area (Å²) in [5.41, 5.74) is 1.40. The minimum Gasteiger partial charge on any atom is -0.497 e. The molecule has 2 aromatic heterocycles. The number of hydrogen-bond acceptors (Lipinski definition) is 6. The molecule has 9 nitrogen and oxygen atoms in total. The topological polar surface area (TPSA) is 99.4 Å². The molecule has 2 aliphatic rings. The number of quaternary nitrogens is 1. The summed E-state index contributed by atoms with van der Waals surface area (Å²) in [5, 5.41) is 13.6. The number of methoxy groups -OCH3 is 1. The summed E-state index contributed by atoms with van der Waals surface area (Å²) >= 11 is 0. The van der Waals surface area contributed by atoms with E-state index in [0.29, 0.717) is 12.1 Å². The Kier molecular flexibility index (Phi) is 5.69. The zero-order valence-corrected chi connectivity index (χ0v) is 17.8. The number of tetrazole rings is 1. The molecule has 0 amide bonds. The van der Waals surface area contributed by atoms with E-state index in [1.54, 1.807) is 7.11 Å². The van der Waals surface area contributed by atoms with E-state index in [-0.39, 0.29) is 17.7 Å². The molecule has 2 saturated heterocycles.